The summed E-state index contributed by atoms with van der Waals surface area (Å²) in [5, 5.41) is 0. The van der Waals surface area contributed by atoms with Gasteiger partial charge in [0, 0.05) is 4.47 Å². The standard InChI is InChI=1S/C15H8BrF4N3O/c16-6-4-7(13(21)24)12-10(5-6)22-14(23-12)11-8(15(18,19)20)2-1-3-9(11)17/h1-5H,(H2,21,24)(H,22,23). The number of H-pyrrole nitrogens is 1. The Morgan fingerprint density at radius 3 is 2.58 bits per heavy atom. The van der Waals surface area contributed by atoms with Gasteiger partial charge in [0.15, 0.2) is 0 Å². The number of imidazole rings is 1. The zero-order chi connectivity index (χ0) is 17.6. The van der Waals surface area contributed by atoms with Crippen LogP contribution in [0.2, 0.25) is 0 Å². The summed E-state index contributed by atoms with van der Waals surface area (Å²) in [4.78, 5) is 18.1. The van der Waals surface area contributed by atoms with Crippen molar-refractivity contribution < 1.29 is 22.4 Å². The van der Waals surface area contributed by atoms with Gasteiger partial charge in [0.1, 0.15) is 17.2 Å². The van der Waals surface area contributed by atoms with E-state index in [1.165, 1.54) is 12.1 Å². The molecule has 4 nitrogen and oxygen atoms in total. The highest BCUT2D eigenvalue weighted by Gasteiger charge is 2.36. The van der Waals surface area contributed by atoms with E-state index in [9.17, 15) is 22.4 Å². The minimum Gasteiger partial charge on any atom is -0.366 e. The predicted octanol–water partition coefficient (Wildman–Crippen LogP) is 4.25. The van der Waals surface area contributed by atoms with E-state index in [0.717, 1.165) is 18.2 Å². The Balaban J connectivity index is 2.33. The molecule has 1 heterocycles. The average molecular weight is 402 g/mol. The van der Waals surface area contributed by atoms with E-state index in [1.54, 1.807) is 0 Å². The Bertz CT molecular complexity index is 965. The van der Waals surface area contributed by atoms with Crippen LogP contribution in [0.15, 0.2) is 34.8 Å². The van der Waals surface area contributed by atoms with Gasteiger partial charge in [-0.25, -0.2) is 9.37 Å². The maximum Gasteiger partial charge on any atom is 0.417 e. The molecule has 0 aliphatic carbocycles. The summed E-state index contributed by atoms with van der Waals surface area (Å²) >= 11 is 3.17. The van der Waals surface area contributed by atoms with Gasteiger partial charge in [-0.15, -0.1) is 0 Å². The molecule has 0 saturated heterocycles. The molecule has 1 amide bonds. The number of amides is 1. The summed E-state index contributed by atoms with van der Waals surface area (Å²) in [5.74, 6) is -2.22. The second kappa shape index (κ2) is 5.59. The molecule has 0 fully saturated rings. The Hall–Kier alpha value is -2.42. The van der Waals surface area contributed by atoms with Gasteiger partial charge >= 0.3 is 6.18 Å². The molecule has 1 aromatic heterocycles. The van der Waals surface area contributed by atoms with Crippen LogP contribution in [0.1, 0.15) is 15.9 Å². The van der Waals surface area contributed by atoms with Gasteiger partial charge in [-0.1, -0.05) is 22.0 Å². The molecule has 0 bridgehead atoms. The van der Waals surface area contributed by atoms with Crippen LogP contribution >= 0.6 is 15.9 Å². The minimum atomic E-state index is -4.76. The minimum absolute atomic E-state index is 0.00627. The first-order chi connectivity index (χ1) is 11.2. The van der Waals surface area contributed by atoms with Crippen LogP contribution in [0.5, 0.6) is 0 Å². The molecule has 0 unspecified atom stereocenters. The van der Waals surface area contributed by atoms with Crippen LogP contribution in [0.4, 0.5) is 17.6 Å². The van der Waals surface area contributed by atoms with E-state index in [4.69, 9.17) is 5.73 Å². The van der Waals surface area contributed by atoms with Crippen LogP contribution in [-0.4, -0.2) is 15.9 Å². The van der Waals surface area contributed by atoms with Crippen molar-refractivity contribution in [1.82, 2.24) is 9.97 Å². The summed E-state index contributed by atoms with van der Waals surface area (Å²) in [6.45, 7) is 0. The molecule has 3 rings (SSSR count). The summed E-state index contributed by atoms with van der Waals surface area (Å²) in [6.07, 6.45) is -4.76. The Morgan fingerprint density at radius 2 is 1.96 bits per heavy atom. The topological polar surface area (TPSA) is 71.8 Å². The molecule has 2 aromatic carbocycles. The number of primary amides is 1. The summed E-state index contributed by atoms with van der Waals surface area (Å²) in [5.41, 5.74) is 3.70. The third-order valence-electron chi connectivity index (χ3n) is 3.37. The van der Waals surface area contributed by atoms with Gasteiger partial charge in [-0.3, -0.25) is 4.79 Å². The zero-order valence-electron chi connectivity index (χ0n) is 11.7. The normalized spacial score (nSPS) is 11.9. The fourth-order valence-corrected chi connectivity index (χ4v) is 2.85. The van der Waals surface area contributed by atoms with Gasteiger partial charge < -0.3 is 10.7 Å². The molecule has 24 heavy (non-hydrogen) atoms. The van der Waals surface area contributed by atoms with Crippen molar-refractivity contribution in [2.24, 2.45) is 5.73 Å². The maximum absolute atomic E-state index is 14.1. The van der Waals surface area contributed by atoms with Crippen molar-refractivity contribution in [3.63, 3.8) is 0 Å². The lowest BCUT2D eigenvalue weighted by Gasteiger charge is -2.11. The van der Waals surface area contributed by atoms with Crippen molar-refractivity contribution in [3.8, 4) is 11.4 Å². The lowest BCUT2D eigenvalue weighted by atomic mass is 10.1. The number of hydrogen-bond donors (Lipinski definition) is 2. The molecule has 0 radical (unpaired) electrons. The molecule has 9 heteroatoms. The highest BCUT2D eigenvalue weighted by atomic mass is 79.9. The van der Waals surface area contributed by atoms with Crippen LogP contribution in [0.25, 0.3) is 22.4 Å². The quantitative estimate of drug-likeness (QED) is 0.630. The zero-order valence-corrected chi connectivity index (χ0v) is 13.3. The van der Waals surface area contributed by atoms with Crippen molar-refractivity contribution in [1.29, 1.82) is 0 Å². The second-order valence-corrected chi connectivity index (χ2v) is 5.88. The molecule has 0 aliphatic rings. The van der Waals surface area contributed by atoms with Crippen molar-refractivity contribution >= 4 is 32.9 Å². The number of nitrogens with two attached hydrogens (primary N) is 1. The number of halogens is 5. The molecular weight excluding hydrogens is 394 g/mol. The molecule has 0 aliphatic heterocycles. The van der Waals surface area contributed by atoms with Crippen LogP contribution in [-0.2, 0) is 6.18 Å². The van der Waals surface area contributed by atoms with E-state index in [0.29, 0.717) is 4.47 Å². The van der Waals surface area contributed by atoms with Crippen LogP contribution < -0.4 is 5.73 Å². The van der Waals surface area contributed by atoms with E-state index in [-0.39, 0.29) is 22.4 Å². The van der Waals surface area contributed by atoms with Crippen molar-refractivity contribution in [3.05, 3.63) is 51.7 Å². The number of nitrogens with one attached hydrogen (secondary N) is 1. The van der Waals surface area contributed by atoms with E-state index in [1.807, 2.05) is 0 Å². The smallest absolute Gasteiger partial charge is 0.366 e. The summed E-state index contributed by atoms with van der Waals surface area (Å²) in [7, 11) is 0. The van der Waals surface area contributed by atoms with Gasteiger partial charge in [0.05, 0.1) is 22.2 Å². The number of aromatic amines is 1. The van der Waals surface area contributed by atoms with Crippen LogP contribution in [0, 0.1) is 5.82 Å². The first-order valence-electron chi connectivity index (χ1n) is 6.53. The number of rotatable bonds is 2. The number of hydrogen-bond acceptors (Lipinski definition) is 2. The highest BCUT2D eigenvalue weighted by molar-refractivity contribution is 9.10. The van der Waals surface area contributed by atoms with Gasteiger partial charge in [0.2, 0.25) is 0 Å². The number of carbonyl (C=O) groups excluding carboxylic acids is 1. The van der Waals surface area contributed by atoms with Crippen molar-refractivity contribution in [2.45, 2.75) is 6.18 Å². The number of benzene rings is 2. The van der Waals surface area contributed by atoms with E-state index >= 15 is 0 Å². The maximum atomic E-state index is 14.1. The van der Waals surface area contributed by atoms with Gasteiger partial charge in [-0.2, -0.15) is 13.2 Å². The summed E-state index contributed by atoms with van der Waals surface area (Å²) in [6, 6.07) is 5.53. The van der Waals surface area contributed by atoms with Gasteiger partial charge in [0.25, 0.3) is 5.91 Å². The first kappa shape index (κ1) is 16.4. The van der Waals surface area contributed by atoms with E-state index in [2.05, 4.69) is 25.9 Å². The fourth-order valence-electron chi connectivity index (χ4n) is 2.39. The lowest BCUT2D eigenvalue weighted by Crippen LogP contribution is -2.11. The predicted molar refractivity (Wildman–Crippen MR) is 82.7 cm³/mol. The highest BCUT2D eigenvalue weighted by Crippen LogP contribution is 2.38. The fraction of sp³-hybridized carbons (Fsp3) is 0.0667. The molecule has 0 atom stereocenters. The SMILES string of the molecule is NC(=O)c1cc(Br)cc2[nH]c(-c3c(F)cccc3C(F)(F)F)nc12. The number of alkyl halides is 3. The third-order valence-corrected chi connectivity index (χ3v) is 3.83. The Kier molecular flexibility index (Phi) is 3.83. The second-order valence-electron chi connectivity index (χ2n) is 4.96. The average Bonchev–Trinajstić information content (AvgIpc) is 2.88. The number of fused-ring (bicyclic) bond motifs is 1. The Morgan fingerprint density at radius 1 is 1.25 bits per heavy atom. The van der Waals surface area contributed by atoms with Crippen LogP contribution in [0.3, 0.4) is 0 Å². The molecule has 3 aromatic rings. The monoisotopic (exact) mass is 401 g/mol. The molecule has 0 spiro atoms. The first-order valence-corrected chi connectivity index (χ1v) is 7.33. The third kappa shape index (κ3) is 2.75. The molecular formula is C15H8BrF4N3O. The van der Waals surface area contributed by atoms with Gasteiger partial charge in [-0.05, 0) is 24.3 Å². The van der Waals surface area contributed by atoms with Crippen molar-refractivity contribution in [2.75, 3.05) is 0 Å². The molecule has 3 N–H and O–H groups in total. The number of carbonyl (C=O) groups is 1. The number of nitrogens with zero attached hydrogens (tertiary/aromatic N) is 1. The molecule has 124 valence electrons. The molecule has 0 saturated carbocycles. The van der Waals surface area contributed by atoms with E-state index < -0.39 is 29.0 Å². The Labute approximate surface area is 140 Å². The number of aromatic nitrogens is 2. The largest absolute Gasteiger partial charge is 0.417 e. The summed E-state index contributed by atoms with van der Waals surface area (Å²) < 4.78 is 54.0. The lowest BCUT2D eigenvalue weighted by molar-refractivity contribution is -0.137.